The minimum atomic E-state index is -0.913. The number of unbranched alkanes of at least 4 members (excludes halogenated alkanes) is 1. The van der Waals surface area contributed by atoms with E-state index in [1.165, 1.54) is 6.33 Å². The van der Waals surface area contributed by atoms with Crippen LogP contribution < -0.4 is 19.1 Å². The maximum atomic E-state index is 13.8. The number of pyridine rings is 1. The second-order valence-electron chi connectivity index (χ2n) is 10.3. The minimum absolute atomic E-state index is 0.0757. The summed E-state index contributed by atoms with van der Waals surface area (Å²) in [5.41, 5.74) is 2.33. The van der Waals surface area contributed by atoms with Gasteiger partial charge in [0.05, 0.1) is 31.5 Å². The first-order valence-corrected chi connectivity index (χ1v) is 13.9. The van der Waals surface area contributed by atoms with Crippen molar-refractivity contribution in [3.8, 4) is 17.2 Å². The highest BCUT2D eigenvalue weighted by molar-refractivity contribution is 5.94. The van der Waals surface area contributed by atoms with Crippen molar-refractivity contribution < 1.29 is 28.9 Å². The zero-order valence-corrected chi connectivity index (χ0v) is 23.3. The molecule has 5 rings (SSSR count). The highest BCUT2D eigenvalue weighted by Crippen LogP contribution is 2.47. The van der Waals surface area contributed by atoms with Gasteiger partial charge in [0.15, 0.2) is 11.5 Å². The molecule has 41 heavy (non-hydrogen) atoms. The van der Waals surface area contributed by atoms with Crippen LogP contribution in [0.4, 0.5) is 5.69 Å². The molecule has 0 radical (unpaired) electrons. The lowest BCUT2D eigenvalue weighted by Gasteiger charge is -2.29. The van der Waals surface area contributed by atoms with Gasteiger partial charge in [-0.25, -0.2) is 9.97 Å². The Hall–Kier alpha value is -4.25. The smallest absolute Gasteiger partial charge is 0.308 e. The molecule has 1 aromatic carbocycles. The van der Waals surface area contributed by atoms with Crippen molar-refractivity contribution in [2.24, 2.45) is 5.92 Å². The molecule has 0 bridgehead atoms. The van der Waals surface area contributed by atoms with Gasteiger partial charge in [0.1, 0.15) is 6.33 Å². The Labute approximate surface area is 239 Å². The van der Waals surface area contributed by atoms with Crippen LogP contribution in [0.5, 0.6) is 17.2 Å². The van der Waals surface area contributed by atoms with Gasteiger partial charge in [-0.3, -0.25) is 19.5 Å². The normalized spacial score (nSPS) is 19.7. The van der Waals surface area contributed by atoms with Gasteiger partial charge in [-0.15, -0.1) is 0 Å². The lowest BCUT2D eigenvalue weighted by atomic mass is 9.83. The number of hydrogen-bond acceptors (Lipinski definition) is 9. The second-order valence-corrected chi connectivity index (χ2v) is 10.3. The first-order valence-electron chi connectivity index (χ1n) is 13.9. The number of likely N-dealkylation sites (tertiary alicyclic amines) is 1. The van der Waals surface area contributed by atoms with Crippen LogP contribution in [0.15, 0.2) is 55.2 Å². The summed E-state index contributed by atoms with van der Waals surface area (Å²) in [6.07, 6.45) is 9.38. The molecule has 3 aromatic rings. The SMILES string of the molecule is CCCCN(C(=O)CN1CC(c2cc(OC)c3c(c2)OCO3)C(C(=O)O)C1CCc1ccncn1)c1cccnc1. The number of benzene rings is 1. The predicted octanol–water partition coefficient (Wildman–Crippen LogP) is 3.54. The monoisotopic (exact) mass is 561 g/mol. The van der Waals surface area contributed by atoms with Gasteiger partial charge in [0.2, 0.25) is 18.4 Å². The fourth-order valence-corrected chi connectivity index (χ4v) is 5.80. The molecule has 0 aliphatic carbocycles. The number of ether oxygens (including phenoxy) is 3. The number of aryl methyl sites for hydroxylation is 1. The molecule has 1 amide bonds. The first-order chi connectivity index (χ1) is 20.0. The number of nitrogens with zero attached hydrogens (tertiary/aromatic N) is 5. The first kappa shape index (κ1) is 28.3. The molecule has 11 heteroatoms. The van der Waals surface area contributed by atoms with E-state index in [1.54, 1.807) is 30.6 Å². The predicted molar refractivity (Wildman–Crippen MR) is 150 cm³/mol. The summed E-state index contributed by atoms with van der Waals surface area (Å²) < 4.78 is 16.7. The minimum Gasteiger partial charge on any atom is -0.493 e. The molecular formula is C30H35N5O6. The topological polar surface area (TPSA) is 127 Å². The van der Waals surface area contributed by atoms with Crippen LogP contribution >= 0.6 is 0 Å². The highest BCUT2D eigenvalue weighted by atomic mass is 16.7. The zero-order chi connectivity index (χ0) is 28.8. The molecule has 0 saturated carbocycles. The van der Waals surface area contributed by atoms with Crippen LogP contribution in [0.1, 0.15) is 43.4 Å². The van der Waals surface area contributed by atoms with E-state index in [4.69, 9.17) is 14.2 Å². The average Bonchev–Trinajstić information content (AvgIpc) is 3.61. The van der Waals surface area contributed by atoms with Gasteiger partial charge in [-0.2, -0.15) is 0 Å². The van der Waals surface area contributed by atoms with E-state index < -0.39 is 23.8 Å². The maximum absolute atomic E-state index is 13.8. The van der Waals surface area contributed by atoms with Gasteiger partial charge in [0, 0.05) is 43.1 Å². The average molecular weight is 562 g/mol. The summed E-state index contributed by atoms with van der Waals surface area (Å²) >= 11 is 0. The van der Waals surface area contributed by atoms with Gasteiger partial charge in [0.25, 0.3) is 0 Å². The van der Waals surface area contributed by atoms with Crippen LogP contribution in [0.3, 0.4) is 0 Å². The second kappa shape index (κ2) is 12.9. The molecule has 2 aliphatic rings. The molecule has 3 unspecified atom stereocenters. The van der Waals surface area contributed by atoms with Crippen molar-refractivity contribution in [1.29, 1.82) is 0 Å². The summed E-state index contributed by atoms with van der Waals surface area (Å²) in [5, 5.41) is 10.5. The number of hydrogen-bond donors (Lipinski definition) is 1. The summed E-state index contributed by atoms with van der Waals surface area (Å²) in [6.45, 7) is 3.18. The van der Waals surface area contributed by atoms with Crippen molar-refractivity contribution >= 4 is 17.6 Å². The van der Waals surface area contributed by atoms with Crippen LogP contribution in [0.2, 0.25) is 0 Å². The number of aromatic nitrogens is 3. The lowest BCUT2D eigenvalue weighted by Crippen LogP contribution is -2.44. The quantitative estimate of drug-likeness (QED) is 0.351. The molecule has 1 fully saturated rings. The zero-order valence-electron chi connectivity index (χ0n) is 23.3. The van der Waals surface area contributed by atoms with E-state index in [-0.39, 0.29) is 19.2 Å². The third-order valence-corrected chi connectivity index (χ3v) is 7.81. The summed E-state index contributed by atoms with van der Waals surface area (Å²) in [6, 6.07) is 8.76. The largest absolute Gasteiger partial charge is 0.493 e. The molecule has 2 aliphatic heterocycles. The van der Waals surface area contributed by atoms with E-state index in [0.29, 0.717) is 43.2 Å². The van der Waals surface area contributed by atoms with Crippen LogP contribution in [0.25, 0.3) is 0 Å². The maximum Gasteiger partial charge on any atom is 0.308 e. The van der Waals surface area contributed by atoms with Gasteiger partial charge in [-0.05, 0) is 55.2 Å². The molecule has 2 aromatic heterocycles. The van der Waals surface area contributed by atoms with Crippen molar-refractivity contribution in [2.75, 3.05) is 38.4 Å². The molecule has 216 valence electrons. The van der Waals surface area contributed by atoms with Crippen molar-refractivity contribution in [3.05, 3.63) is 66.5 Å². The highest BCUT2D eigenvalue weighted by Gasteiger charge is 2.47. The number of carbonyl (C=O) groups is 2. The number of fused-ring (bicyclic) bond motifs is 1. The number of methoxy groups -OCH3 is 1. The van der Waals surface area contributed by atoms with E-state index in [9.17, 15) is 14.7 Å². The number of carbonyl (C=O) groups excluding carboxylic acids is 1. The molecule has 3 atom stereocenters. The van der Waals surface area contributed by atoms with E-state index in [0.717, 1.165) is 29.8 Å². The molecule has 4 heterocycles. The summed E-state index contributed by atoms with van der Waals surface area (Å²) in [7, 11) is 1.54. The summed E-state index contributed by atoms with van der Waals surface area (Å²) in [5.74, 6) is -0.641. The molecule has 1 N–H and O–H groups in total. The number of rotatable bonds is 12. The Morgan fingerprint density at radius 3 is 2.78 bits per heavy atom. The Morgan fingerprint density at radius 1 is 1.20 bits per heavy atom. The number of aliphatic carboxylic acids is 1. The standard InChI is InChI=1S/C30H35N5O6/c1-3-4-12-35(22-6-5-10-31-15-22)27(36)17-34-16-23(20-13-25(39-2)29-26(14-20)40-19-41-29)28(30(37)38)24(34)8-7-21-9-11-32-18-33-21/h5-6,9-11,13-15,18,23-24,28H,3-4,7-8,12,16-17,19H2,1-2H3,(H,37,38). The van der Waals surface area contributed by atoms with Gasteiger partial charge >= 0.3 is 5.97 Å². The van der Waals surface area contributed by atoms with E-state index in [2.05, 4.69) is 21.9 Å². The molecular weight excluding hydrogens is 526 g/mol. The third kappa shape index (κ3) is 6.25. The molecule has 11 nitrogen and oxygen atoms in total. The Balaban J connectivity index is 1.47. The summed E-state index contributed by atoms with van der Waals surface area (Å²) in [4.78, 5) is 43.0. The number of amides is 1. The van der Waals surface area contributed by atoms with Crippen molar-refractivity contribution in [2.45, 2.75) is 44.6 Å². The van der Waals surface area contributed by atoms with Gasteiger partial charge < -0.3 is 24.2 Å². The molecule has 0 spiro atoms. The lowest BCUT2D eigenvalue weighted by molar-refractivity contribution is -0.143. The Bertz CT molecular complexity index is 1340. The van der Waals surface area contributed by atoms with E-state index >= 15 is 0 Å². The van der Waals surface area contributed by atoms with Gasteiger partial charge in [-0.1, -0.05) is 13.3 Å². The van der Waals surface area contributed by atoms with Crippen LogP contribution in [-0.2, 0) is 16.0 Å². The van der Waals surface area contributed by atoms with Crippen molar-refractivity contribution in [1.82, 2.24) is 19.9 Å². The molecule has 1 saturated heterocycles. The van der Waals surface area contributed by atoms with Crippen molar-refractivity contribution in [3.63, 3.8) is 0 Å². The fraction of sp³-hybridized carbons (Fsp3) is 0.433. The van der Waals surface area contributed by atoms with Crippen LogP contribution in [0, 0.1) is 5.92 Å². The third-order valence-electron chi connectivity index (χ3n) is 7.81. The Kier molecular flexibility index (Phi) is 8.93. The number of carboxylic acids is 1. The fourth-order valence-electron chi connectivity index (χ4n) is 5.80. The number of anilines is 1. The van der Waals surface area contributed by atoms with E-state index in [1.807, 2.05) is 35.2 Å². The number of carboxylic acid groups (broad SMARTS) is 1. The Morgan fingerprint density at radius 2 is 2.07 bits per heavy atom. The van der Waals surface area contributed by atoms with Crippen LogP contribution in [-0.4, -0.2) is 76.4 Å².